The summed E-state index contributed by atoms with van der Waals surface area (Å²) in [4.78, 5) is 11.0. The molecule has 18 heavy (non-hydrogen) atoms. The van der Waals surface area contributed by atoms with Gasteiger partial charge in [0.05, 0.1) is 11.5 Å². The van der Waals surface area contributed by atoms with Gasteiger partial charge in [0.1, 0.15) is 5.82 Å². The second kappa shape index (κ2) is 6.15. The molecule has 1 aromatic rings. The first-order chi connectivity index (χ1) is 8.35. The van der Waals surface area contributed by atoms with Crippen LogP contribution in [-0.4, -0.2) is 27.1 Å². The second-order valence-corrected chi connectivity index (χ2v) is 6.31. The smallest absolute Gasteiger partial charge is 0.220 e. The van der Waals surface area contributed by atoms with Crippen LogP contribution in [0.2, 0.25) is 5.02 Å². The quantitative estimate of drug-likeness (QED) is 0.895. The van der Waals surface area contributed by atoms with Crippen molar-refractivity contribution in [3.05, 3.63) is 34.6 Å². The first kappa shape index (κ1) is 14.9. The SMILES string of the molecule is CNC(=O)CCS(=O)(=O)Cc1c(F)cccc1Cl. The van der Waals surface area contributed by atoms with Crippen molar-refractivity contribution in [1.82, 2.24) is 5.32 Å². The van der Waals surface area contributed by atoms with Crippen molar-refractivity contribution in [3.63, 3.8) is 0 Å². The van der Waals surface area contributed by atoms with Gasteiger partial charge in [-0.1, -0.05) is 17.7 Å². The Morgan fingerprint density at radius 3 is 2.67 bits per heavy atom. The summed E-state index contributed by atoms with van der Waals surface area (Å²) >= 11 is 5.74. The molecule has 0 aliphatic rings. The summed E-state index contributed by atoms with van der Waals surface area (Å²) in [6.07, 6.45) is -0.148. The molecule has 0 aliphatic carbocycles. The highest BCUT2D eigenvalue weighted by Crippen LogP contribution is 2.21. The third-order valence-corrected chi connectivity index (χ3v) is 4.25. The Labute approximate surface area is 110 Å². The van der Waals surface area contributed by atoms with Gasteiger partial charge < -0.3 is 5.32 Å². The summed E-state index contributed by atoms with van der Waals surface area (Å²) in [5, 5.41) is 2.39. The number of halogens is 2. The van der Waals surface area contributed by atoms with Gasteiger partial charge in [0, 0.05) is 24.1 Å². The number of sulfone groups is 1. The molecule has 0 unspecified atom stereocenters. The van der Waals surface area contributed by atoms with Crippen LogP contribution in [0.5, 0.6) is 0 Å². The number of hydrogen-bond donors (Lipinski definition) is 1. The Bertz CT molecular complexity index is 525. The standard InChI is InChI=1S/C11H13ClFNO3S/c1-14-11(15)5-6-18(16,17)7-8-9(12)3-2-4-10(8)13/h2-4H,5-7H2,1H3,(H,14,15). The number of rotatable bonds is 5. The predicted molar refractivity (Wildman–Crippen MR) is 67.6 cm³/mol. The number of amides is 1. The first-order valence-electron chi connectivity index (χ1n) is 5.19. The Morgan fingerprint density at radius 1 is 1.44 bits per heavy atom. The number of carbonyl (C=O) groups excluding carboxylic acids is 1. The van der Waals surface area contributed by atoms with Gasteiger partial charge in [-0.05, 0) is 12.1 Å². The summed E-state index contributed by atoms with van der Waals surface area (Å²) in [5.41, 5.74) is -0.0592. The third kappa shape index (κ3) is 4.27. The zero-order valence-corrected chi connectivity index (χ0v) is 11.3. The molecule has 100 valence electrons. The summed E-state index contributed by atoms with van der Waals surface area (Å²) in [6.45, 7) is 0. The average molecular weight is 294 g/mol. The van der Waals surface area contributed by atoms with Crippen molar-refractivity contribution in [2.45, 2.75) is 12.2 Å². The van der Waals surface area contributed by atoms with E-state index >= 15 is 0 Å². The van der Waals surface area contributed by atoms with E-state index in [9.17, 15) is 17.6 Å². The largest absolute Gasteiger partial charge is 0.359 e. The van der Waals surface area contributed by atoms with Crippen molar-refractivity contribution in [3.8, 4) is 0 Å². The van der Waals surface area contributed by atoms with Gasteiger partial charge in [0.2, 0.25) is 5.91 Å². The molecule has 0 bridgehead atoms. The van der Waals surface area contributed by atoms with E-state index in [0.29, 0.717) is 0 Å². The first-order valence-corrected chi connectivity index (χ1v) is 7.39. The molecule has 0 aliphatic heterocycles. The Morgan fingerprint density at radius 2 is 2.11 bits per heavy atom. The van der Waals surface area contributed by atoms with E-state index in [1.165, 1.54) is 19.2 Å². The maximum atomic E-state index is 13.4. The molecule has 0 saturated heterocycles. The molecule has 0 atom stereocenters. The van der Waals surface area contributed by atoms with Crippen molar-refractivity contribution >= 4 is 27.3 Å². The molecule has 4 nitrogen and oxygen atoms in total. The zero-order valence-electron chi connectivity index (χ0n) is 9.74. The Kier molecular flexibility index (Phi) is 5.10. The molecule has 0 spiro atoms. The topological polar surface area (TPSA) is 63.2 Å². The molecule has 0 fully saturated rings. The van der Waals surface area contributed by atoms with Crippen LogP contribution in [0, 0.1) is 5.82 Å². The lowest BCUT2D eigenvalue weighted by atomic mass is 10.2. The monoisotopic (exact) mass is 293 g/mol. The minimum Gasteiger partial charge on any atom is -0.359 e. The summed E-state index contributed by atoms with van der Waals surface area (Å²) in [6, 6.07) is 3.97. The molecule has 0 aromatic heterocycles. The molecule has 1 aromatic carbocycles. The maximum Gasteiger partial charge on any atom is 0.220 e. The Balaban J connectivity index is 2.80. The lowest BCUT2D eigenvalue weighted by Gasteiger charge is -2.07. The molecule has 0 heterocycles. The highest BCUT2D eigenvalue weighted by atomic mass is 35.5. The molecule has 7 heteroatoms. The highest BCUT2D eigenvalue weighted by molar-refractivity contribution is 7.90. The minimum atomic E-state index is -3.57. The number of hydrogen-bond acceptors (Lipinski definition) is 3. The normalized spacial score (nSPS) is 11.3. The van der Waals surface area contributed by atoms with E-state index in [4.69, 9.17) is 11.6 Å². The van der Waals surface area contributed by atoms with E-state index in [-0.39, 0.29) is 28.7 Å². The fourth-order valence-corrected chi connectivity index (χ4v) is 3.02. The fourth-order valence-electron chi connectivity index (χ4n) is 1.34. The number of nitrogens with one attached hydrogen (secondary N) is 1. The van der Waals surface area contributed by atoms with E-state index < -0.39 is 21.4 Å². The van der Waals surface area contributed by atoms with Crippen molar-refractivity contribution in [2.24, 2.45) is 0 Å². The van der Waals surface area contributed by atoms with Crippen LogP contribution in [0.1, 0.15) is 12.0 Å². The van der Waals surface area contributed by atoms with Gasteiger partial charge in [0.25, 0.3) is 0 Å². The van der Waals surface area contributed by atoms with Gasteiger partial charge in [0.15, 0.2) is 9.84 Å². The van der Waals surface area contributed by atoms with Gasteiger partial charge in [-0.3, -0.25) is 4.79 Å². The molecule has 1 rings (SSSR count). The van der Waals surface area contributed by atoms with Gasteiger partial charge in [-0.25, -0.2) is 12.8 Å². The summed E-state index contributed by atoms with van der Waals surface area (Å²) < 4.78 is 36.9. The summed E-state index contributed by atoms with van der Waals surface area (Å²) in [5.74, 6) is -1.88. The van der Waals surface area contributed by atoms with Crippen LogP contribution in [-0.2, 0) is 20.4 Å². The van der Waals surface area contributed by atoms with Crippen molar-refractivity contribution in [1.29, 1.82) is 0 Å². The van der Waals surface area contributed by atoms with E-state index in [2.05, 4.69) is 5.32 Å². The van der Waals surface area contributed by atoms with Crippen LogP contribution >= 0.6 is 11.6 Å². The lowest BCUT2D eigenvalue weighted by Crippen LogP contribution is -2.22. The van der Waals surface area contributed by atoms with Gasteiger partial charge in [-0.2, -0.15) is 0 Å². The second-order valence-electron chi connectivity index (χ2n) is 3.72. The number of carbonyl (C=O) groups is 1. The van der Waals surface area contributed by atoms with Crippen LogP contribution in [0.15, 0.2) is 18.2 Å². The van der Waals surface area contributed by atoms with E-state index in [1.54, 1.807) is 0 Å². The van der Waals surface area contributed by atoms with Crippen LogP contribution in [0.25, 0.3) is 0 Å². The molecule has 0 saturated carbocycles. The predicted octanol–water partition coefficient (Wildman–Crippen LogP) is 1.53. The van der Waals surface area contributed by atoms with E-state index in [0.717, 1.165) is 6.07 Å². The van der Waals surface area contributed by atoms with Crippen LogP contribution < -0.4 is 5.32 Å². The average Bonchev–Trinajstić information content (AvgIpc) is 2.31. The molecular weight excluding hydrogens is 281 g/mol. The molecular formula is C11H13ClFNO3S. The molecule has 1 amide bonds. The fraction of sp³-hybridized carbons (Fsp3) is 0.364. The van der Waals surface area contributed by atoms with Crippen molar-refractivity contribution in [2.75, 3.05) is 12.8 Å². The maximum absolute atomic E-state index is 13.4. The third-order valence-electron chi connectivity index (χ3n) is 2.34. The van der Waals surface area contributed by atoms with Crippen LogP contribution in [0.4, 0.5) is 4.39 Å². The van der Waals surface area contributed by atoms with Crippen molar-refractivity contribution < 1.29 is 17.6 Å². The number of benzene rings is 1. The van der Waals surface area contributed by atoms with Gasteiger partial charge in [-0.15, -0.1) is 0 Å². The zero-order chi connectivity index (χ0) is 13.8. The minimum absolute atomic E-state index is 0.0592. The van der Waals surface area contributed by atoms with E-state index in [1.807, 2.05) is 0 Å². The lowest BCUT2D eigenvalue weighted by molar-refractivity contribution is -0.120. The molecule has 0 radical (unpaired) electrons. The van der Waals surface area contributed by atoms with Gasteiger partial charge >= 0.3 is 0 Å². The molecule has 1 N–H and O–H groups in total. The van der Waals surface area contributed by atoms with Crippen LogP contribution in [0.3, 0.4) is 0 Å². The highest BCUT2D eigenvalue weighted by Gasteiger charge is 2.18. The summed E-state index contributed by atoms with van der Waals surface area (Å²) in [7, 11) is -2.15. The Hall–Kier alpha value is -1.14.